The van der Waals surface area contributed by atoms with E-state index in [0.717, 1.165) is 37.9 Å². The van der Waals surface area contributed by atoms with Crippen LogP contribution in [0.3, 0.4) is 0 Å². The lowest BCUT2D eigenvalue weighted by atomic mass is 10.0. The van der Waals surface area contributed by atoms with E-state index in [1.165, 1.54) is 180 Å². The van der Waals surface area contributed by atoms with E-state index in [9.17, 15) is 20.2 Å². The Morgan fingerprint density at radius 3 is 1.02 bits per heavy atom. The van der Waals surface area contributed by atoms with Gasteiger partial charge in [-0.2, -0.15) is 0 Å². The predicted octanol–water partition coefficient (Wildman–Crippen LogP) is 14.2. The minimum atomic E-state index is -0.612. The third-order valence-corrected chi connectivity index (χ3v) is 10.1. The number of hydrogen-bond donors (Lipinski definition) is 0. The summed E-state index contributed by atoms with van der Waals surface area (Å²) in [7, 11) is 0. The van der Waals surface area contributed by atoms with Crippen molar-refractivity contribution in [2.75, 3.05) is 18.0 Å². The van der Waals surface area contributed by atoms with E-state index >= 15 is 0 Å². The van der Waals surface area contributed by atoms with E-state index < -0.39 is 9.85 Å². The van der Waals surface area contributed by atoms with Crippen LogP contribution in [0.5, 0.6) is 0 Å². The Morgan fingerprint density at radius 1 is 0.469 bits per heavy atom. The average molecular weight is 689 g/mol. The van der Waals surface area contributed by atoms with Crippen LogP contribution in [0.1, 0.15) is 219 Å². The fourth-order valence-corrected chi connectivity index (χ4v) is 6.94. The van der Waals surface area contributed by atoms with Crippen molar-refractivity contribution in [2.45, 2.75) is 219 Å². The lowest BCUT2D eigenvalue weighted by Crippen LogP contribution is -2.27. The molecule has 1 rings (SSSR count). The molecule has 0 N–H and O–H groups in total. The highest BCUT2D eigenvalue weighted by Crippen LogP contribution is 2.30. The summed E-state index contributed by atoms with van der Waals surface area (Å²) in [5, 5.41) is 23.1. The highest BCUT2D eigenvalue weighted by atomic mass is 16.6. The van der Waals surface area contributed by atoms with Crippen molar-refractivity contribution >= 4 is 17.2 Å². The Hall–Kier alpha value is -2.25. The van der Waals surface area contributed by atoms with E-state index in [2.05, 4.69) is 18.8 Å². The summed E-state index contributed by atoms with van der Waals surface area (Å²) in [5.41, 5.74) is -0.595. The highest BCUT2D eigenvalue weighted by Gasteiger charge is 2.25. The Bertz CT molecular complexity index is 893. The fourth-order valence-electron chi connectivity index (χ4n) is 6.94. The Morgan fingerprint density at radius 2 is 0.755 bits per heavy atom. The van der Waals surface area contributed by atoms with Crippen LogP contribution in [-0.4, -0.2) is 27.9 Å². The van der Waals surface area contributed by atoms with Crippen LogP contribution >= 0.6 is 0 Å². The lowest BCUT2D eigenvalue weighted by Gasteiger charge is -2.23. The molecule has 8 heteroatoms. The number of rotatable bonds is 37. The second-order valence-corrected chi connectivity index (χ2v) is 14.6. The lowest BCUT2D eigenvalue weighted by molar-refractivity contribution is -0.394. The van der Waals surface area contributed by atoms with Gasteiger partial charge in [0.2, 0.25) is 5.82 Å². The van der Waals surface area contributed by atoms with Crippen molar-refractivity contribution in [2.24, 2.45) is 0 Å². The molecule has 1 aromatic heterocycles. The third kappa shape index (κ3) is 25.4. The summed E-state index contributed by atoms with van der Waals surface area (Å²) in [6.45, 7) is 5.94. The Kier molecular flexibility index (Phi) is 30.1. The second kappa shape index (κ2) is 32.9. The van der Waals surface area contributed by atoms with Crippen molar-refractivity contribution in [1.29, 1.82) is 0 Å². The van der Waals surface area contributed by atoms with Crippen LogP contribution in [0.2, 0.25) is 0 Å². The normalized spacial score (nSPS) is 11.3. The molecule has 0 fully saturated rings. The molecule has 0 radical (unpaired) electrons. The summed E-state index contributed by atoms with van der Waals surface area (Å²) in [5.74, 6) is 0.275. The molecule has 284 valence electrons. The highest BCUT2D eigenvalue weighted by molar-refractivity contribution is 5.61. The molecule has 0 atom stereocenters. The summed E-state index contributed by atoms with van der Waals surface area (Å²) >= 11 is 0. The van der Waals surface area contributed by atoms with E-state index in [-0.39, 0.29) is 17.2 Å². The molecule has 1 heterocycles. The van der Waals surface area contributed by atoms with Crippen molar-refractivity contribution in [3.8, 4) is 0 Å². The average Bonchev–Trinajstić information content (AvgIpc) is 3.10. The van der Waals surface area contributed by atoms with Gasteiger partial charge in [0, 0.05) is 13.1 Å². The van der Waals surface area contributed by atoms with Crippen molar-refractivity contribution in [1.82, 2.24) is 4.98 Å². The van der Waals surface area contributed by atoms with E-state index in [1.54, 1.807) is 0 Å². The molecule has 49 heavy (non-hydrogen) atoms. The zero-order valence-electron chi connectivity index (χ0n) is 32.1. The van der Waals surface area contributed by atoms with Crippen LogP contribution in [0.15, 0.2) is 12.3 Å². The smallest absolute Gasteiger partial charge is 0.318 e. The second-order valence-electron chi connectivity index (χ2n) is 14.6. The first kappa shape index (κ1) is 44.8. The minimum Gasteiger partial charge on any atom is -0.351 e. The number of pyridine rings is 1. The molecule has 0 aromatic carbocycles. The van der Waals surface area contributed by atoms with Crippen LogP contribution in [0.25, 0.3) is 0 Å². The summed E-state index contributed by atoms with van der Waals surface area (Å²) in [6.07, 6.45) is 42.9. The molecule has 8 nitrogen and oxygen atoms in total. The van der Waals surface area contributed by atoms with E-state index in [1.807, 2.05) is 4.90 Å². The van der Waals surface area contributed by atoms with Crippen LogP contribution in [0.4, 0.5) is 17.2 Å². The molecule has 0 aliphatic rings. The van der Waals surface area contributed by atoms with Gasteiger partial charge >= 0.3 is 5.69 Å². The van der Waals surface area contributed by atoms with Gasteiger partial charge < -0.3 is 4.90 Å². The zero-order valence-corrected chi connectivity index (χ0v) is 32.1. The van der Waals surface area contributed by atoms with Gasteiger partial charge in [-0.1, -0.05) is 206 Å². The molecule has 0 aliphatic carbocycles. The first-order chi connectivity index (χ1) is 24.0. The van der Waals surface area contributed by atoms with Gasteiger partial charge in [-0.25, -0.2) is 4.98 Å². The molecule has 0 saturated heterocycles. The topological polar surface area (TPSA) is 102 Å². The Balaban J connectivity index is 2.29. The summed E-state index contributed by atoms with van der Waals surface area (Å²) in [4.78, 5) is 28.2. The molecule has 0 unspecified atom stereocenters. The number of unbranched alkanes of at least 4 members (excludes halogenated alkanes) is 30. The van der Waals surface area contributed by atoms with Crippen LogP contribution in [0, 0.1) is 20.2 Å². The van der Waals surface area contributed by atoms with Gasteiger partial charge in [0.15, 0.2) is 0 Å². The standard InChI is InChI=1S/C41H76N4O4/c1-3-5-7-9-11-13-15-17-19-21-23-25-27-29-31-33-35-43(41-40(45(48)49)37-39(38-42-41)44(46)47)36-34-32-30-28-26-24-22-20-18-16-14-12-10-8-6-4-2/h37-38H,3-36H2,1-2H3. The molecule has 0 amide bonds. The molecular weight excluding hydrogens is 612 g/mol. The molecule has 0 bridgehead atoms. The molecular formula is C41H76N4O4. The number of aromatic nitrogens is 1. The number of hydrogen-bond acceptors (Lipinski definition) is 6. The van der Waals surface area contributed by atoms with Gasteiger partial charge in [0.05, 0.1) is 15.9 Å². The summed E-state index contributed by atoms with van der Waals surface area (Å²) < 4.78 is 0. The van der Waals surface area contributed by atoms with Gasteiger partial charge in [0.25, 0.3) is 5.69 Å². The monoisotopic (exact) mass is 689 g/mol. The first-order valence-electron chi connectivity index (χ1n) is 21.0. The van der Waals surface area contributed by atoms with Gasteiger partial charge in [-0.3, -0.25) is 20.2 Å². The van der Waals surface area contributed by atoms with Crippen LogP contribution < -0.4 is 4.90 Å². The Labute approximate surface area is 301 Å². The van der Waals surface area contributed by atoms with Crippen molar-refractivity contribution < 1.29 is 9.85 Å². The number of nitrogens with zero attached hydrogens (tertiary/aromatic N) is 4. The van der Waals surface area contributed by atoms with E-state index in [4.69, 9.17) is 0 Å². The molecule has 0 spiro atoms. The molecule has 1 aromatic rings. The summed E-state index contributed by atoms with van der Waals surface area (Å²) in [6, 6.07) is 1.07. The maximum atomic E-state index is 11.9. The van der Waals surface area contributed by atoms with Crippen LogP contribution in [-0.2, 0) is 0 Å². The number of anilines is 1. The predicted molar refractivity (Wildman–Crippen MR) is 209 cm³/mol. The quantitative estimate of drug-likeness (QED) is 0.0391. The van der Waals surface area contributed by atoms with Gasteiger partial charge in [0.1, 0.15) is 6.20 Å². The molecule has 0 saturated carbocycles. The number of nitro groups is 2. The van der Waals surface area contributed by atoms with Gasteiger partial charge in [-0.05, 0) is 12.8 Å². The zero-order chi connectivity index (χ0) is 35.6. The molecule has 0 aliphatic heterocycles. The SMILES string of the molecule is CCCCCCCCCCCCCCCCCCN(CCCCCCCCCCCCCCCCCC)c1ncc([N+](=O)[O-])cc1[N+](=O)[O-]. The maximum Gasteiger partial charge on any atom is 0.318 e. The van der Waals surface area contributed by atoms with Gasteiger partial charge in [-0.15, -0.1) is 0 Å². The third-order valence-electron chi connectivity index (χ3n) is 10.1. The maximum absolute atomic E-state index is 11.9. The largest absolute Gasteiger partial charge is 0.351 e. The minimum absolute atomic E-state index is 0.262. The van der Waals surface area contributed by atoms with E-state index in [0.29, 0.717) is 13.1 Å². The van der Waals surface area contributed by atoms with Crippen molar-refractivity contribution in [3.05, 3.63) is 32.5 Å². The fraction of sp³-hybridized carbons (Fsp3) is 0.878. The first-order valence-corrected chi connectivity index (χ1v) is 21.0. The van der Waals surface area contributed by atoms with Crippen molar-refractivity contribution in [3.63, 3.8) is 0 Å².